The van der Waals surface area contributed by atoms with Crippen LogP contribution in [0.3, 0.4) is 0 Å². The molecule has 1 amide bonds. The van der Waals surface area contributed by atoms with Gasteiger partial charge in [-0.05, 0) is 53.5 Å². The van der Waals surface area contributed by atoms with E-state index in [4.69, 9.17) is 0 Å². The summed E-state index contributed by atoms with van der Waals surface area (Å²) in [6, 6.07) is 19.3. The first kappa shape index (κ1) is 17.2. The number of nitrogens with zero attached hydrogens (tertiary/aromatic N) is 5. The maximum Gasteiger partial charge on any atom is 0.253 e. The second-order valence-electron chi connectivity index (χ2n) is 6.73. The van der Waals surface area contributed by atoms with E-state index in [0.717, 1.165) is 43.7 Å². The Hall–Kier alpha value is -3.22. The van der Waals surface area contributed by atoms with Crippen molar-refractivity contribution < 1.29 is 4.79 Å². The number of anilines is 1. The number of benzene rings is 2. The van der Waals surface area contributed by atoms with Gasteiger partial charge in [0.05, 0.1) is 5.69 Å². The van der Waals surface area contributed by atoms with Crippen molar-refractivity contribution in [1.29, 1.82) is 0 Å². The number of amides is 1. The van der Waals surface area contributed by atoms with Crippen LogP contribution in [0.5, 0.6) is 0 Å². The third-order valence-corrected chi connectivity index (χ3v) is 4.94. The first-order chi connectivity index (χ1) is 13.3. The minimum atomic E-state index is 0.120. The minimum absolute atomic E-state index is 0.120. The van der Waals surface area contributed by atoms with Gasteiger partial charge in [-0.3, -0.25) is 4.79 Å². The highest BCUT2D eigenvalue weighted by atomic mass is 16.2. The third-order valence-electron chi connectivity index (χ3n) is 4.94. The lowest BCUT2D eigenvalue weighted by Gasteiger charge is -2.32. The second kappa shape index (κ2) is 7.99. The van der Waals surface area contributed by atoms with Gasteiger partial charge in [0, 0.05) is 25.2 Å². The molecule has 2 aromatic carbocycles. The summed E-state index contributed by atoms with van der Waals surface area (Å²) in [5, 5.41) is 15.3. The van der Waals surface area contributed by atoms with E-state index < -0.39 is 0 Å². The normalized spacial score (nSPS) is 14.9. The topological polar surface area (TPSA) is 75.9 Å². The van der Waals surface area contributed by atoms with Crippen LogP contribution in [0.1, 0.15) is 23.2 Å². The zero-order chi connectivity index (χ0) is 18.5. The summed E-state index contributed by atoms with van der Waals surface area (Å²) in [7, 11) is 0. The number of carbonyl (C=O) groups excluding carboxylic acids is 1. The van der Waals surface area contributed by atoms with E-state index in [-0.39, 0.29) is 5.91 Å². The highest BCUT2D eigenvalue weighted by molar-refractivity contribution is 5.94. The molecule has 0 aliphatic carbocycles. The molecule has 1 aromatic heterocycles. The molecule has 1 aliphatic rings. The number of likely N-dealkylation sites (tertiary alicyclic amines) is 1. The highest BCUT2D eigenvalue weighted by Gasteiger charge is 2.23. The molecule has 0 radical (unpaired) electrons. The number of nitrogens with one attached hydrogen (secondary N) is 1. The molecule has 0 atom stereocenters. The van der Waals surface area contributed by atoms with Crippen LogP contribution in [0.2, 0.25) is 0 Å². The predicted molar refractivity (Wildman–Crippen MR) is 103 cm³/mol. The molecule has 3 aromatic rings. The van der Waals surface area contributed by atoms with Gasteiger partial charge in [0.25, 0.3) is 5.91 Å². The van der Waals surface area contributed by atoms with Crippen molar-refractivity contribution in [2.75, 3.05) is 25.0 Å². The van der Waals surface area contributed by atoms with Gasteiger partial charge in [0.1, 0.15) is 0 Å². The molecule has 7 nitrogen and oxygen atoms in total. The molecule has 0 unspecified atom stereocenters. The van der Waals surface area contributed by atoms with Crippen molar-refractivity contribution in [2.45, 2.75) is 12.8 Å². The molecule has 1 saturated heterocycles. The maximum absolute atomic E-state index is 12.5. The van der Waals surface area contributed by atoms with Crippen LogP contribution in [0.4, 0.5) is 5.95 Å². The van der Waals surface area contributed by atoms with Crippen LogP contribution in [0.15, 0.2) is 60.7 Å². The van der Waals surface area contributed by atoms with E-state index in [1.807, 2.05) is 65.6 Å². The zero-order valence-electron chi connectivity index (χ0n) is 15.0. The van der Waals surface area contributed by atoms with Gasteiger partial charge in [-0.25, -0.2) is 0 Å². The summed E-state index contributed by atoms with van der Waals surface area (Å²) in [5.74, 6) is 1.25. The summed E-state index contributed by atoms with van der Waals surface area (Å²) < 4.78 is 1.70. The van der Waals surface area contributed by atoms with Crippen LogP contribution < -0.4 is 5.32 Å². The van der Waals surface area contributed by atoms with Gasteiger partial charge in [-0.15, -0.1) is 0 Å². The van der Waals surface area contributed by atoms with Crippen molar-refractivity contribution in [3.05, 3.63) is 66.2 Å². The zero-order valence-corrected chi connectivity index (χ0v) is 15.0. The number of para-hydroxylation sites is 1. The number of hydrogen-bond donors (Lipinski definition) is 1. The van der Waals surface area contributed by atoms with Gasteiger partial charge >= 0.3 is 0 Å². The molecule has 1 aliphatic heterocycles. The van der Waals surface area contributed by atoms with Gasteiger partial charge < -0.3 is 10.2 Å². The van der Waals surface area contributed by atoms with E-state index in [0.29, 0.717) is 11.9 Å². The van der Waals surface area contributed by atoms with E-state index in [1.54, 1.807) is 4.68 Å². The molecular weight excluding hydrogens is 340 g/mol. The summed E-state index contributed by atoms with van der Waals surface area (Å²) >= 11 is 0. The second-order valence-corrected chi connectivity index (χ2v) is 6.73. The van der Waals surface area contributed by atoms with Crippen LogP contribution in [-0.4, -0.2) is 50.6 Å². The third kappa shape index (κ3) is 3.97. The Morgan fingerprint density at radius 2 is 1.67 bits per heavy atom. The molecule has 0 spiro atoms. The number of rotatable bonds is 5. The highest BCUT2D eigenvalue weighted by Crippen LogP contribution is 2.20. The average Bonchev–Trinajstić information content (AvgIpc) is 3.22. The summed E-state index contributed by atoms with van der Waals surface area (Å²) in [6.07, 6.45) is 1.94. The lowest BCUT2D eigenvalue weighted by molar-refractivity contribution is 0.0695. The Morgan fingerprint density at radius 3 is 2.37 bits per heavy atom. The Labute approximate surface area is 158 Å². The van der Waals surface area contributed by atoms with Crippen molar-refractivity contribution in [1.82, 2.24) is 25.1 Å². The molecule has 0 saturated carbocycles. The molecule has 138 valence electrons. The van der Waals surface area contributed by atoms with Crippen molar-refractivity contribution in [2.24, 2.45) is 5.92 Å². The average molecular weight is 362 g/mol. The van der Waals surface area contributed by atoms with Gasteiger partial charge in [-0.2, -0.15) is 4.68 Å². The molecule has 4 rings (SSSR count). The molecule has 0 bridgehead atoms. The quantitative estimate of drug-likeness (QED) is 0.755. The fourth-order valence-electron chi connectivity index (χ4n) is 3.38. The molecule has 1 fully saturated rings. The number of hydrogen-bond acceptors (Lipinski definition) is 5. The van der Waals surface area contributed by atoms with Crippen LogP contribution in [-0.2, 0) is 0 Å². The first-order valence-electron chi connectivity index (χ1n) is 9.23. The van der Waals surface area contributed by atoms with Crippen molar-refractivity contribution >= 4 is 11.9 Å². The summed E-state index contributed by atoms with van der Waals surface area (Å²) in [5.41, 5.74) is 1.68. The van der Waals surface area contributed by atoms with Crippen molar-refractivity contribution in [3.8, 4) is 5.69 Å². The Balaban J connectivity index is 1.31. The van der Waals surface area contributed by atoms with Crippen LogP contribution >= 0.6 is 0 Å². The van der Waals surface area contributed by atoms with E-state index in [9.17, 15) is 4.79 Å². The van der Waals surface area contributed by atoms with Crippen LogP contribution in [0.25, 0.3) is 5.69 Å². The molecule has 27 heavy (non-hydrogen) atoms. The Bertz CT molecular complexity index is 872. The van der Waals surface area contributed by atoms with E-state index in [2.05, 4.69) is 20.8 Å². The van der Waals surface area contributed by atoms with Crippen LogP contribution in [0, 0.1) is 5.92 Å². The monoisotopic (exact) mass is 362 g/mol. The number of carbonyl (C=O) groups is 1. The Morgan fingerprint density at radius 1 is 1.00 bits per heavy atom. The number of aromatic nitrogens is 4. The number of piperidine rings is 1. The molecule has 1 N–H and O–H groups in total. The van der Waals surface area contributed by atoms with Gasteiger partial charge in [0.2, 0.25) is 5.95 Å². The largest absolute Gasteiger partial charge is 0.352 e. The summed E-state index contributed by atoms with van der Waals surface area (Å²) in [4.78, 5) is 14.5. The smallest absolute Gasteiger partial charge is 0.253 e. The SMILES string of the molecule is O=C(c1ccccc1)N1CCC(CNc2nnnn2-c2ccccc2)CC1. The molecule has 2 heterocycles. The van der Waals surface area contributed by atoms with Gasteiger partial charge in [0.15, 0.2) is 0 Å². The fourth-order valence-corrected chi connectivity index (χ4v) is 3.38. The lowest BCUT2D eigenvalue weighted by Crippen LogP contribution is -2.40. The summed E-state index contributed by atoms with van der Waals surface area (Å²) in [6.45, 7) is 2.36. The predicted octanol–water partition coefficient (Wildman–Crippen LogP) is 2.63. The lowest BCUT2D eigenvalue weighted by atomic mass is 9.96. The Kier molecular flexibility index (Phi) is 5.09. The van der Waals surface area contributed by atoms with E-state index in [1.165, 1.54) is 0 Å². The minimum Gasteiger partial charge on any atom is -0.352 e. The fraction of sp³-hybridized carbons (Fsp3) is 0.300. The van der Waals surface area contributed by atoms with E-state index >= 15 is 0 Å². The number of tetrazole rings is 1. The first-order valence-corrected chi connectivity index (χ1v) is 9.23. The molecular formula is C20H22N6O. The molecule has 7 heteroatoms. The van der Waals surface area contributed by atoms with Gasteiger partial charge in [-0.1, -0.05) is 41.5 Å². The van der Waals surface area contributed by atoms with Crippen molar-refractivity contribution in [3.63, 3.8) is 0 Å². The maximum atomic E-state index is 12.5. The standard InChI is InChI=1S/C20H22N6O/c27-19(17-7-3-1-4-8-17)25-13-11-16(12-14-25)15-21-20-22-23-24-26(20)18-9-5-2-6-10-18/h1-10,16H,11-15H2,(H,21,22,24).